The average Bonchev–Trinajstić information content (AvgIpc) is 2.97. The Hall–Kier alpha value is -4.59. The van der Waals surface area contributed by atoms with Gasteiger partial charge in [0, 0.05) is 55.3 Å². The van der Waals surface area contributed by atoms with E-state index in [-0.39, 0.29) is 18.3 Å². The predicted octanol–water partition coefficient (Wildman–Crippen LogP) is 3.50. The van der Waals surface area contributed by atoms with Crippen LogP contribution < -0.4 is 9.64 Å². The van der Waals surface area contributed by atoms with Crippen LogP contribution in [0.5, 0.6) is 5.75 Å². The maximum absolute atomic E-state index is 12.7. The zero-order chi connectivity index (χ0) is 24.7. The number of pyridine rings is 1. The lowest BCUT2D eigenvalue weighted by Gasteiger charge is -2.35. The van der Waals surface area contributed by atoms with Crippen molar-refractivity contribution in [2.24, 2.45) is 0 Å². The van der Waals surface area contributed by atoms with Gasteiger partial charge in [-0.25, -0.2) is 0 Å². The van der Waals surface area contributed by atoms with Crippen LogP contribution in [-0.4, -0.2) is 64.6 Å². The van der Waals surface area contributed by atoms with Crippen molar-refractivity contribution in [3.8, 4) is 17.0 Å². The van der Waals surface area contributed by atoms with E-state index in [0.29, 0.717) is 43.1 Å². The topological polar surface area (TPSA) is 88.5 Å². The maximum Gasteiger partial charge on any atom is 0.260 e. The standard InChI is InChI=1S/C28H25N5O3/c34-27(20-36-24-8-6-23(7-9-24)28(35)22-4-2-1-3-5-22)33-18-16-32(17-19-33)26-11-10-25(30-31-26)21-12-14-29-15-13-21/h1-15H,16-20H2. The Labute approximate surface area is 209 Å². The molecule has 2 aromatic heterocycles. The quantitative estimate of drug-likeness (QED) is 0.375. The molecule has 0 unspecified atom stereocenters. The molecule has 0 atom stereocenters. The first-order valence-corrected chi connectivity index (χ1v) is 11.8. The lowest BCUT2D eigenvalue weighted by atomic mass is 10.0. The van der Waals surface area contributed by atoms with E-state index >= 15 is 0 Å². The van der Waals surface area contributed by atoms with Gasteiger partial charge in [0.05, 0.1) is 5.69 Å². The summed E-state index contributed by atoms with van der Waals surface area (Å²) < 4.78 is 5.69. The number of benzene rings is 2. The van der Waals surface area contributed by atoms with Crippen LogP contribution in [-0.2, 0) is 4.79 Å². The summed E-state index contributed by atoms with van der Waals surface area (Å²) in [4.78, 5) is 33.1. The number of rotatable bonds is 7. The molecule has 36 heavy (non-hydrogen) atoms. The molecule has 0 spiro atoms. The second-order valence-corrected chi connectivity index (χ2v) is 8.39. The minimum absolute atomic E-state index is 0.0483. The average molecular weight is 480 g/mol. The van der Waals surface area contributed by atoms with Crippen molar-refractivity contribution in [1.82, 2.24) is 20.1 Å². The molecule has 4 aromatic rings. The Kier molecular flexibility index (Phi) is 6.93. The van der Waals surface area contributed by atoms with Crippen LogP contribution in [0, 0.1) is 0 Å². The van der Waals surface area contributed by atoms with Crippen molar-refractivity contribution in [3.05, 3.63) is 102 Å². The summed E-state index contributed by atoms with van der Waals surface area (Å²) in [6.45, 7) is 2.46. The van der Waals surface area contributed by atoms with E-state index in [1.54, 1.807) is 53.7 Å². The first-order valence-electron chi connectivity index (χ1n) is 11.8. The van der Waals surface area contributed by atoms with Crippen molar-refractivity contribution in [2.45, 2.75) is 0 Å². The van der Waals surface area contributed by atoms with E-state index in [9.17, 15) is 9.59 Å². The molecule has 0 saturated carbocycles. The van der Waals surface area contributed by atoms with Crippen LogP contribution in [0.2, 0.25) is 0 Å². The zero-order valence-electron chi connectivity index (χ0n) is 19.7. The molecule has 0 radical (unpaired) electrons. The Morgan fingerprint density at radius 3 is 2.11 bits per heavy atom. The van der Waals surface area contributed by atoms with E-state index in [2.05, 4.69) is 20.1 Å². The monoisotopic (exact) mass is 479 g/mol. The molecule has 1 fully saturated rings. The molecule has 5 rings (SSSR count). The second kappa shape index (κ2) is 10.8. The smallest absolute Gasteiger partial charge is 0.260 e. The highest BCUT2D eigenvalue weighted by Crippen LogP contribution is 2.19. The third-order valence-corrected chi connectivity index (χ3v) is 6.10. The first kappa shape index (κ1) is 23.2. The van der Waals surface area contributed by atoms with Gasteiger partial charge < -0.3 is 14.5 Å². The van der Waals surface area contributed by atoms with Gasteiger partial charge in [0.2, 0.25) is 0 Å². The fourth-order valence-electron chi connectivity index (χ4n) is 4.05. The highest BCUT2D eigenvalue weighted by Gasteiger charge is 2.22. The van der Waals surface area contributed by atoms with E-state index in [1.165, 1.54) is 0 Å². The third kappa shape index (κ3) is 5.38. The second-order valence-electron chi connectivity index (χ2n) is 8.39. The number of anilines is 1. The number of aromatic nitrogens is 3. The molecule has 1 saturated heterocycles. The minimum Gasteiger partial charge on any atom is -0.484 e. The summed E-state index contributed by atoms with van der Waals surface area (Å²) in [5, 5.41) is 8.70. The zero-order valence-corrected chi connectivity index (χ0v) is 19.7. The summed E-state index contributed by atoms with van der Waals surface area (Å²) in [5.41, 5.74) is 2.98. The van der Waals surface area contributed by atoms with Crippen LogP contribution >= 0.6 is 0 Å². The number of hydrogen-bond donors (Lipinski definition) is 0. The number of ketones is 1. The molecule has 180 valence electrons. The normalized spacial score (nSPS) is 13.3. The van der Waals surface area contributed by atoms with Crippen LogP contribution in [0.4, 0.5) is 5.82 Å². The maximum atomic E-state index is 12.7. The van der Waals surface area contributed by atoms with Gasteiger partial charge >= 0.3 is 0 Å². The van der Waals surface area contributed by atoms with Gasteiger partial charge in [-0.1, -0.05) is 30.3 Å². The van der Waals surface area contributed by atoms with Gasteiger partial charge in [-0.05, 0) is 48.5 Å². The van der Waals surface area contributed by atoms with E-state index in [4.69, 9.17) is 4.74 Å². The summed E-state index contributed by atoms with van der Waals surface area (Å²) in [6.07, 6.45) is 3.46. The Morgan fingerprint density at radius 1 is 0.750 bits per heavy atom. The Balaban J connectivity index is 1.10. The van der Waals surface area contributed by atoms with Crippen LogP contribution in [0.15, 0.2) is 91.3 Å². The van der Waals surface area contributed by atoms with Gasteiger partial charge in [-0.3, -0.25) is 14.6 Å². The highest BCUT2D eigenvalue weighted by molar-refractivity contribution is 6.09. The molecule has 1 aliphatic rings. The largest absolute Gasteiger partial charge is 0.484 e. The number of piperazine rings is 1. The van der Waals surface area contributed by atoms with E-state index < -0.39 is 0 Å². The number of amides is 1. The fourth-order valence-corrected chi connectivity index (χ4v) is 4.05. The molecule has 3 heterocycles. The molecule has 1 aliphatic heterocycles. The number of carbonyl (C=O) groups is 2. The highest BCUT2D eigenvalue weighted by atomic mass is 16.5. The van der Waals surface area contributed by atoms with Gasteiger partial charge in [-0.2, -0.15) is 0 Å². The van der Waals surface area contributed by atoms with Crippen molar-refractivity contribution in [2.75, 3.05) is 37.7 Å². The number of nitrogens with zero attached hydrogens (tertiary/aromatic N) is 5. The number of hydrogen-bond acceptors (Lipinski definition) is 7. The SMILES string of the molecule is O=C(c1ccccc1)c1ccc(OCC(=O)N2CCN(c3ccc(-c4ccncc4)nn3)CC2)cc1. The summed E-state index contributed by atoms with van der Waals surface area (Å²) in [6, 6.07) is 23.7. The van der Waals surface area contributed by atoms with Gasteiger partial charge in [0.1, 0.15) is 5.75 Å². The fraction of sp³-hybridized carbons (Fsp3) is 0.179. The first-order chi connectivity index (χ1) is 17.7. The van der Waals surface area contributed by atoms with E-state index in [1.807, 2.05) is 42.5 Å². The van der Waals surface area contributed by atoms with Crippen LogP contribution in [0.1, 0.15) is 15.9 Å². The van der Waals surface area contributed by atoms with Crippen molar-refractivity contribution in [1.29, 1.82) is 0 Å². The van der Waals surface area contributed by atoms with Gasteiger partial charge in [0.25, 0.3) is 5.91 Å². The Morgan fingerprint density at radius 2 is 1.44 bits per heavy atom. The molecule has 8 heteroatoms. The van der Waals surface area contributed by atoms with Crippen molar-refractivity contribution in [3.63, 3.8) is 0 Å². The van der Waals surface area contributed by atoms with Crippen molar-refractivity contribution >= 4 is 17.5 Å². The molecule has 2 aromatic carbocycles. The van der Waals surface area contributed by atoms with Crippen LogP contribution in [0.25, 0.3) is 11.3 Å². The minimum atomic E-state index is -0.0711. The molecule has 8 nitrogen and oxygen atoms in total. The molecular weight excluding hydrogens is 454 g/mol. The van der Waals surface area contributed by atoms with Crippen molar-refractivity contribution < 1.29 is 14.3 Å². The predicted molar refractivity (Wildman–Crippen MR) is 136 cm³/mol. The Bertz CT molecular complexity index is 1310. The molecule has 0 N–H and O–H groups in total. The summed E-state index contributed by atoms with van der Waals surface area (Å²) in [7, 11) is 0. The van der Waals surface area contributed by atoms with Gasteiger partial charge in [0.15, 0.2) is 18.2 Å². The third-order valence-electron chi connectivity index (χ3n) is 6.10. The lowest BCUT2D eigenvalue weighted by molar-refractivity contribution is -0.133. The van der Waals surface area contributed by atoms with E-state index in [0.717, 1.165) is 17.1 Å². The van der Waals surface area contributed by atoms with Gasteiger partial charge in [-0.15, -0.1) is 10.2 Å². The molecule has 0 aliphatic carbocycles. The molecular formula is C28H25N5O3. The molecule has 1 amide bonds. The number of carbonyl (C=O) groups excluding carboxylic acids is 2. The summed E-state index contributed by atoms with van der Waals surface area (Å²) in [5.74, 6) is 1.23. The lowest BCUT2D eigenvalue weighted by Crippen LogP contribution is -2.50. The number of ether oxygens (including phenoxy) is 1. The van der Waals surface area contributed by atoms with Crippen LogP contribution in [0.3, 0.4) is 0 Å². The summed E-state index contributed by atoms with van der Waals surface area (Å²) >= 11 is 0. The molecule has 0 bridgehead atoms.